The molecule has 0 aliphatic carbocycles. The first kappa shape index (κ1) is 14.2. The van der Waals surface area contributed by atoms with Crippen LogP contribution in [0, 0.1) is 0 Å². The van der Waals surface area contributed by atoms with E-state index in [-0.39, 0.29) is 0 Å². The number of hydrogen-bond acceptors (Lipinski definition) is 4. The molecule has 1 N–H and O–H groups in total. The van der Waals surface area contributed by atoms with Gasteiger partial charge in [0.15, 0.2) is 11.5 Å². The summed E-state index contributed by atoms with van der Waals surface area (Å²) in [4.78, 5) is 0. The van der Waals surface area contributed by atoms with Gasteiger partial charge >= 0.3 is 0 Å². The molecule has 0 bridgehead atoms. The molecule has 0 spiro atoms. The summed E-state index contributed by atoms with van der Waals surface area (Å²) < 4.78 is 11.3. The number of ether oxygens (including phenoxy) is 2. The largest absolute Gasteiger partial charge is 0.490 e. The van der Waals surface area contributed by atoms with Gasteiger partial charge in [0, 0.05) is 12.3 Å². The van der Waals surface area contributed by atoms with Crippen molar-refractivity contribution < 1.29 is 9.47 Å². The second-order valence-electron chi connectivity index (χ2n) is 3.59. The number of thioether (sulfide) groups is 1. The molecule has 0 amide bonds. The van der Waals surface area contributed by atoms with Crippen LogP contribution in [0.2, 0.25) is 0 Å². The van der Waals surface area contributed by atoms with Crippen LogP contribution in [0.3, 0.4) is 0 Å². The average molecular weight is 255 g/mol. The lowest BCUT2D eigenvalue weighted by Crippen LogP contribution is -2.07. The van der Waals surface area contributed by atoms with E-state index in [1.165, 1.54) is 5.56 Å². The van der Waals surface area contributed by atoms with Crippen molar-refractivity contribution in [2.45, 2.75) is 13.5 Å². The van der Waals surface area contributed by atoms with Crippen molar-refractivity contribution in [3.63, 3.8) is 0 Å². The second-order valence-corrected chi connectivity index (χ2v) is 4.57. The van der Waals surface area contributed by atoms with Gasteiger partial charge in [-0.3, -0.25) is 0 Å². The summed E-state index contributed by atoms with van der Waals surface area (Å²) in [5.74, 6) is 2.66. The third kappa shape index (κ3) is 4.88. The van der Waals surface area contributed by atoms with E-state index in [1.807, 2.05) is 26.1 Å². The zero-order valence-corrected chi connectivity index (χ0v) is 11.6. The van der Waals surface area contributed by atoms with Crippen LogP contribution in [-0.4, -0.2) is 32.3 Å². The van der Waals surface area contributed by atoms with E-state index in [9.17, 15) is 0 Å². The maximum atomic E-state index is 5.70. The minimum atomic E-state index is 0.655. The van der Waals surface area contributed by atoms with Crippen molar-refractivity contribution in [3.05, 3.63) is 23.8 Å². The van der Waals surface area contributed by atoms with Crippen LogP contribution < -0.4 is 14.8 Å². The Hall–Kier alpha value is -0.870. The molecule has 1 aromatic carbocycles. The van der Waals surface area contributed by atoms with Crippen LogP contribution in [0.4, 0.5) is 0 Å². The highest BCUT2D eigenvalue weighted by Crippen LogP contribution is 2.28. The highest BCUT2D eigenvalue weighted by molar-refractivity contribution is 7.98. The third-order valence-corrected chi connectivity index (χ3v) is 2.81. The first-order valence-corrected chi connectivity index (χ1v) is 7.23. The molecule has 3 nitrogen and oxygen atoms in total. The molecular weight excluding hydrogens is 234 g/mol. The normalized spacial score (nSPS) is 10.3. The van der Waals surface area contributed by atoms with Gasteiger partial charge in [-0.25, -0.2) is 0 Å². The van der Waals surface area contributed by atoms with E-state index in [4.69, 9.17) is 9.47 Å². The summed E-state index contributed by atoms with van der Waals surface area (Å²) >= 11 is 1.78. The Morgan fingerprint density at radius 3 is 2.71 bits per heavy atom. The Balaban J connectivity index is 2.72. The van der Waals surface area contributed by atoms with Crippen LogP contribution in [0.15, 0.2) is 18.2 Å². The minimum absolute atomic E-state index is 0.655. The van der Waals surface area contributed by atoms with Crippen LogP contribution in [-0.2, 0) is 6.54 Å². The summed E-state index contributed by atoms with van der Waals surface area (Å²) in [6.07, 6.45) is 2.07. The molecule has 0 aliphatic heterocycles. The number of hydrogen-bond donors (Lipinski definition) is 1. The van der Waals surface area contributed by atoms with Crippen molar-refractivity contribution in [1.29, 1.82) is 0 Å². The summed E-state index contributed by atoms with van der Waals surface area (Å²) in [6, 6.07) is 6.08. The van der Waals surface area contributed by atoms with Crippen LogP contribution in [0.1, 0.15) is 12.5 Å². The lowest BCUT2D eigenvalue weighted by Gasteiger charge is -2.13. The van der Waals surface area contributed by atoms with E-state index in [0.717, 1.165) is 23.8 Å². The topological polar surface area (TPSA) is 30.5 Å². The van der Waals surface area contributed by atoms with Gasteiger partial charge in [0.25, 0.3) is 0 Å². The van der Waals surface area contributed by atoms with Gasteiger partial charge in [0.2, 0.25) is 0 Å². The van der Waals surface area contributed by atoms with Gasteiger partial charge in [0.1, 0.15) is 0 Å². The molecule has 4 heteroatoms. The van der Waals surface area contributed by atoms with Gasteiger partial charge < -0.3 is 14.8 Å². The molecule has 0 unspecified atom stereocenters. The fourth-order valence-corrected chi connectivity index (χ4v) is 1.74. The summed E-state index contributed by atoms with van der Waals surface area (Å²) in [5.41, 5.74) is 1.20. The van der Waals surface area contributed by atoms with Crippen molar-refractivity contribution in [3.8, 4) is 11.5 Å². The van der Waals surface area contributed by atoms with Crippen LogP contribution >= 0.6 is 11.8 Å². The Morgan fingerprint density at radius 2 is 2.06 bits per heavy atom. The Labute approximate surface area is 108 Å². The van der Waals surface area contributed by atoms with Gasteiger partial charge in [0.05, 0.1) is 13.2 Å². The Kier molecular flexibility index (Phi) is 6.89. The van der Waals surface area contributed by atoms with Crippen LogP contribution in [0.25, 0.3) is 0 Å². The van der Waals surface area contributed by atoms with Gasteiger partial charge in [-0.2, -0.15) is 11.8 Å². The quantitative estimate of drug-likeness (QED) is 0.723. The fraction of sp³-hybridized carbons (Fsp3) is 0.538. The molecule has 0 aromatic heterocycles. The SMILES string of the molecule is CCOc1cc(CNC)ccc1OCCSC. The first-order chi connectivity index (χ1) is 8.31. The molecule has 0 saturated carbocycles. The monoisotopic (exact) mass is 255 g/mol. The van der Waals surface area contributed by atoms with E-state index in [2.05, 4.69) is 17.6 Å². The molecule has 96 valence electrons. The standard InChI is InChI=1S/C13H21NO2S/c1-4-15-13-9-11(10-14-2)5-6-12(13)16-7-8-17-3/h5-6,9,14H,4,7-8,10H2,1-3H3. The average Bonchev–Trinajstić information content (AvgIpc) is 2.33. The number of benzene rings is 1. The van der Waals surface area contributed by atoms with Crippen molar-refractivity contribution >= 4 is 11.8 Å². The van der Waals surface area contributed by atoms with Crippen molar-refractivity contribution in [1.82, 2.24) is 5.32 Å². The zero-order valence-electron chi connectivity index (χ0n) is 10.8. The van der Waals surface area contributed by atoms with Gasteiger partial charge in [-0.15, -0.1) is 0 Å². The maximum Gasteiger partial charge on any atom is 0.161 e. The second kappa shape index (κ2) is 8.25. The number of nitrogens with one attached hydrogen (secondary N) is 1. The molecule has 1 rings (SSSR count). The highest BCUT2D eigenvalue weighted by Gasteiger charge is 2.06. The maximum absolute atomic E-state index is 5.70. The predicted molar refractivity (Wildman–Crippen MR) is 74.3 cm³/mol. The molecule has 17 heavy (non-hydrogen) atoms. The smallest absolute Gasteiger partial charge is 0.161 e. The third-order valence-electron chi connectivity index (χ3n) is 2.23. The molecule has 0 fully saturated rings. The van der Waals surface area contributed by atoms with E-state index in [0.29, 0.717) is 13.2 Å². The lowest BCUT2D eigenvalue weighted by molar-refractivity contribution is 0.289. The summed E-state index contributed by atoms with van der Waals surface area (Å²) in [7, 11) is 1.93. The zero-order chi connectivity index (χ0) is 12.5. The summed E-state index contributed by atoms with van der Waals surface area (Å²) in [6.45, 7) is 4.19. The van der Waals surface area contributed by atoms with Crippen LogP contribution in [0.5, 0.6) is 11.5 Å². The first-order valence-electron chi connectivity index (χ1n) is 5.83. The lowest BCUT2D eigenvalue weighted by atomic mass is 10.2. The molecule has 0 atom stereocenters. The molecule has 0 radical (unpaired) electrons. The minimum Gasteiger partial charge on any atom is -0.490 e. The Bertz CT molecular complexity index is 331. The van der Waals surface area contributed by atoms with Crippen molar-refractivity contribution in [2.75, 3.05) is 32.3 Å². The molecule has 0 saturated heterocycles. The van der Waals surface area contributed by atoms with E-state index in [1.54, 1.807) is 11.8 Å². The number of rotatable bonds is 8. The summed E-state index contributed by atoms with van der Waals surface area (Å²) in [5, 5.41) is 3.13. The fourth-order valence-electron chi connectivity index (χ4n) is 1.49. The predicted octanol–water partition coefficient (Wildman–Crippen LogP) is 2.55. The van der Waals surface area contributed by atoms with E-state index >= 15 is 0 Å². The molecular formula is C13H21NO2S. The molecule has 0 aliphatic rings. The molecule has 0 heterocycles. The van der Waals surface area contributed by atoms with Gasteiger partial charge in [-0.1, -0.05) is 6.07 Å². The Morgan fingerprint density at radius 1 is 1.24 bits per heavy atom. The van der Waals surface area contributed by atoms with E-state index < -0.39 is 0 Å². The van der Waals surface area contributed by atoms with Crippen molar-refractivity contribution in [2.24, 2.45) is 0 Å². The molecule has 1 aromatic rings. The van der Waals surface area contributed by atoms with Gasteiger partial charge in [-0.05, 0) is 37.9 Å². The highest BCUT2D eigenvalue weighted by atomic mass is 32.2.